The maximum atomic E-state index is 11.0. The Bertz CT molecular complexity index is 1080. The molecule has 2 aliphatic heterocycles. The summed E-state index contributed by atoms with van der Waals surface area (Å²) in [7, 11) is -2.15. The normalized spacial score (nSPS) is 20.4. The fourth-order valence-electron chi connectivity index (χ4n) is 4.30. The van der Waals surface area contributed by atoms with Gasteiger partial charge in [-0.1, -0.05) is 23.2 Å². The molecule has 1 aromatic carbocycles. The van der Waals surface area contributed by atoms with E-state index in [2.05, 4.69) is 34.6 Å². The monoisotopic (exact) mass is 418 g/mol. The van der Waals surface area contributed by atoms with Crippen LogP contribution in [0.5, 0.6) is 0 Å². The summed E-state index contributed by atoms with van der Waals surface area (Å²) in [5.74, 6) is -0.331. The second-order valence-corrected chi connectivity index (χ2v) is 9.70. The van der Waals surface area contributed by atoms with Gasteiger partial charge in [0.25, 0.3) is 0 Å². The number of benzene rings is 1. The van der Waals surface area contributed by atoms with E-state index < -0.39 is 10.1 Å². The van der Waals surface area contributed by atoms with Crippen molar-refractivity contribution in [1.82, 2.24) is 4.90 Å². The van der Waals surface area contributed by atoms with E-state index in [1.54, 1.807) is 0 Å². The Kier molecular flexibility index (Phi) is 4.98. The maximum absolute atomic E-state index is 11.0. The van der Waals surface area contributed by atoms with Crippen LogP contribution in [-0.2, 0) is 16.5 Å². The molecule has 28 heavy (non-hydrogen) atoms. The summed E-state index contributed by atoms with van der Waals surface area (Å²) in [5.41, 5.74) is 8.59. The molecule has 0 bridgehead atoms. The summed E-state index contributed by atoms with van der Waals surface area (Å²) < 4.78 is 35.2. The van der Waals surface area contributed by atoms with E-state index in [1.165, 1.54) is 28.1 Å². The molecule has 0 atom stereocenters. The van der Waals surface area contributed by atoms with E-state index in [0.717, 1.165) is 35.7 Å². The highest BCUT2D eigenvalue weighted by Crippen LogP contribution is 2.41. The van der Waals surface area contributed by atoms with Gasteiger partial charge in [-0.25, -0.2) is 8.42 Å². The number of halogens is 1. The van der Waals surface area contributed by atoms with Gasteiger partial charge in [0, 0.05) is 52.8 Å². The molecular weight excluding hydrogens is 396 g/mol. The second-order valence-electron chi connectivity index (χ2n) is 7.74. The summed E-state index contributed by atoms with van der Waals surface area (Å²) in [6.07, 6.45) is 7.38. The zero-order valence-corrected chi connectivity index (χ0v) is 17.6. The predicted octanol–water partition coefficient (Wildman–Crippen LogP) is 3.74. The highest BCUT2D eigenvalue weighted by molar-refractivity contribution is 7.85. The summed E-state index contributed by atoms with van der Waals surface area (Å²) in [6.45, 7) is 2.65. The van der Waals surface area contributed by atoms with Crippen molar-refractivity contribution in [2.45, 2.75) is 32.6 Å². The number of allylic oxidation sites excluding steroid dienone is 4. The van der Waals surface area contributed by atoms with Gasteiger partial charge in [0.05, 0.1) is 16.5 Å². The van der Waals surface area contributed by atoms with Crippen LogP contribution in [0, 0.1) is 0 Å². The predicted molar refractivity (Wildman–Crippen MR) is 110 cm³/mol. The van der Waals surface area contributed by atoms with Crippen LogP contribution in [0.15, 0.2) is 52.9 Å². The molecule has 1 aliphatic carbocycles. The first-order valence-electron chi connectivity index (χ1n) is 9.40. The third-order valence-electron chi connectivity index (χ3n) is 5.59. The van der Waals surface area contributed by atoms with Crippen molar-refractivity contribution in [3.05, 3.63) is 63.5 Å². The van der Waals surface area contributed by atoms with Gasteiger partial charge in [0.1, 0.15) is 7.05 Å². The quantitative estimate of drug-likeness (QED) is 0.539. The van der Waals surface area contributed by atoms with Gasteiger partial charge in [0.2, 0.25) is 5.69 Å². The van der Waals surface area contributed by atoms with Gasteiger partial charge < -0.3 is 9.45 Å². The maximum Gasteiger partial charge on any atom is 0.210 e. The van der Waals surface area contributed by atoms with Crippen molar-refractivity contribution >= 4 is 33.1 Å². The van der Waals surface area contributed by atoms with Crippen molar-refractivity contribution in [3.8, 4) is 0 Å². The van der Waals surface area contributed by atoms with Gasteiger partial charge in [-0.05, 0) is 37.5 Å². The Labute approximate surface area is 171 Å². The van der Waals surface area contributed by atoms with Crippen LogP contribution in [0.4, 0.5) is 5.69 Å². The largest absolute Gasteiger partial charge is 0.748 e. The Morgan fingerprint density at radius 2 is 2.07 bits per heavy atom. The molecular formula is C21H23ClN2O3S. The number of nitrogens with zero attached hydrogens (tertiary/aromatic N) is 2. The lowest BCUT2D eigenvalue weighted by molar-refractivity contribution is -0.400. The fraction of sp³-hybridized carbons (Fsp3) is 0.381. The molecule has 148 valence electrons. The Morgan fingerprint density at radius 1 is 1.29 bits per heavy atom. The third-order valence-corrected chi connectivity index (χ3v) is 6.61. The van der Waals surface area contributed by atoms with Gasteiger partial charge in [-0.15, -0.1) is 0 Å². The SMILES string of the molecule is CC1=CC2=C(C1)CC(=CC1=[N+](C)c3cc(Cl)ccc3C1)N2CCCS(=O)(=O)[O-]. The number of hydrogen-bond donors (Lipinski definition) is 0. The Morgan fingerprint density at radius 3 is 2.82 bits per heavy atom. The molecule has 3 aliphatic rings. The molecule has 0 saturated heterocycles. The zero-order chi connectivity index (χ0) is 20.1. The molecule has 0 spiro atoms. The van der Waals surface area contributed by atoms with E-state index in [0.29, 0.717) is 13.0 Å². The van der Waals surface area contributed by atoms with Crippen molar-refractivity contribution in [1.29, 1.82) is 0 Å². The molecule has 0 aromatic heterocycles. The van der Waals surface area contributed by atoms with Crippen molar-refractivity contribution < 1.29 is 17.5 Å². The summed E-state index contributed by atoms with van der Waals surface area (Å²) in [5, 5.41) is 0.724. The lowest BCUT2D eigenvalue weighted by Crippen LogP contribution is -2.22. The summed E-state index contributed by atoms with van der Waals surface area (Å²) in [4.78, 5) is 2.19. The van der Waals surface area contributed by atoms with Crippen LogP contribution in [0.1, 0.15) is 31.7 Å². The van der Waals surface area contributed by atoms with Crippen LogP contribution in [0.2, 0.25) is 5.02 Å². The zero-order valence-electron chi connectivity index (χ0n) is 16.0. The Balaban J connectivity index is 1.61. The summed E-state index contributed by atoms with van der Waals surface area (Å²) in [6, 6.07) is 5.97. The number of fused-ring (bicyclic) bond motifs is 1. The second kappa shape index (κ2) is 7.17. The topological polar surface area (TPSA) is 63.5 Å². The van der Waals surface area contributed by atoms with E-state index >= 15 is 0 Å². The van der Waals surface area contributed by atoms with E-state index in [-0.39, 0.29) is 5.75 Å². The molecule has 1 aromatic rings. The smallest absolute Gasteiger partial charge is 0.210 e. The average Bonchev–Trinajstić information content (AvgIpc) is 3.20. The molecule has 2 heterocycles. The first-order chi connectivity index (χ1) is 13.2. The van der Waals surface area contributed by atoms with E-state index in [1.807, 2.05) is 19.2 Å². The van der Waals surface area contributed by atoms with Crippen LogP contribution in [0.25, 0.3) is 0 Å². The minimum atomic E-state index is -4.19. The van der Waals surface area contributed by atoms with E-state index in [4.69, 9.17) is 11.6 Å². The lowest BCUT2D eigenvalue weighted by atomic mass is 10.1. The Hall–Kier alpha value is -1.89. The molecule has 0 radical (unpaired) electrons. The molecule has 4 rings (SSSR count). The first kappa shape index (κ1) is 19.4. The lowest BCUT2D eigenvalue weighted by Gasteiger charge is -2.23. The van der Waals surface area contributed by atoms with Crippen molar-refractivity contribution in [2.75, 3.05) is 19.3 Å². The highest BCUT2D eigenvalue weighted by Gasteiger charge is 2.32. The summed E-state index contributed by atoms with van der Waals surface area (Å²) >= 11 is 6.15. The van der Waals surface area contributed by atoms with Gasteiger partial charge >= 0.3 is 0 Å². The third kappa shape index (κ3) is 3.81. The van der Waals surface area contributed by atoms with Crippen LogP contribution in [-0.4, -0.2) is 47.5 Å². The molecule has 0 saturated carbocycles. The van der Waals surface area contributed by atoms with Crippen LogP contribution < -0.4 is 0 Å². The minimum Gasteiger partial charge on any atom is -0.748 e. The molecule has 7 heteroatoms. The first-order valence-corrected chi connectivity index (χ1v) is 11.4. The van der Waals surface area contributed by atoms with Crippen molar-refractivity contribution in [3.63, 3.8) is 0 Å². The molecule has 5 nitrogen and oxygen atoms in total. The van der Waals surface area contributed by atoms with Gasteiger partial charge in [-0.2, -0.15) is 4.58 Å². The molecule has 0 unspecified atom stereocenters. The molecule has 0 fully saturated rings. The van der Waals surface area contributed by atoms with E-state index in [9.17, 15) is 13.0 Å². The standard InChI is InChI=1S/C21H23ClN2O3S/c1-14-8-16-11-19(24(21(16)9-14)6-3-7-28(25,26)27)13-18-10-15-4-5-17(22)12-20(15)23(18)2/h4-5,9,12-13H,3,6-8,10-11H2,1-2H3. The van der Waals surface area contributed by atoms with Gasteiger partial charge in [-0.3, -0.25) is 0 Å². The number of rotatable bonds is 5. The minimum absolute atomic E-state index is 0.327. The highest BCUT2D eigenvalue weighted by atomic mass is 35.5. The number of hydrogen-bond acceptors (Lipinski definition) is 4. The fourth-order valence-corrected chi connectivity index (χ4v) is 4.95. The van der Waals surface area contributed by atoms with Crippen LogP contribution in [0.3, 0.4) is 0 Å². The van der Waals surface area contributed by atoms with Gasteiger partial charge in [0.15, 0.2) is 5.71 Å². The molecule has 0 amide bonds. The van der Waals surface area contributed by atoms with Crippen molar-refractivity contribution in [2.24, 2.45) is 0 Å². The average molecular weight is 419 g/mol. The molecule has 0 N–H and O–H groups in total. The van der Waals surface area contributed by atoms with Crippen LogP contribution >= 0.6 is 11.6 Å².